The van der Waals surface area contributed by atoms with Crippen molar-refractivity contribution in [2.75, 3.05) is 23.4 Å². The van der Waals surface area contributed by atoms with Crippen LogP contribution in [-0.2, 0) is 13.0 Å². The van der Waals surface area contributed by atoms with Gasteiger partial charge in [-0.1, -0.05) is 42.0 Å². The first-order valence-electron chi connectivity index (χ1n) is 9.38. The van der Waals surface area contributed by atoms with Crippen LogP contribution in [0.25, 0.3) is 0 Å². The zero-order valence-electron chi connectivity index (χ0n) is 15.9. The molecule has 1 aliphatic heterocycles. The largest absolute Gasteiger partial charge is 0.367 e. The van der Waals surface area contributed by atoms with Crippen LogP contribution in [0.2, 0.25) is 0 Å². The molecule has 4 rings (SSSR count). The van der Waals surface area contributed by atoms with E-state index in [4.69, 9.17) is 0 Å². The molecule has 1 amide bonds. The molecular formula is C24H24N2O. The van der Waals surface area contributed by atoms with E-state index in [1.165, 1.54) is 22.4 Å². The Bertz CT molecular complexity index is 945. The molecule has 136 valence electrons. The van der Waals surface area contributed by atoms with Crippen LogP contribution in [0.15, 0.2) is 72.8 Å². The van der Waals surface area contributed by atoms with Gasteiger partial charge in [0.15, 0.2) is 0 Å². The maximum Gasteiger partial charge on any atom is 0.258 e. The van der Waals surface area contributed by atoms with E-state index in [1.54, 1.807) is 4.90 Å². The van der Waals surface area contributed by atoms with Gasteiger partial charge in [0.1, 0.15) is 0 Å². The van der Waals surface area contributed by atoms with Crippen molar-refractivity contribution in [3.63, 3.8) is 0 Å². The molecule has 0 spiro atoms. The van der Waals surface area contributed by atoms with Gasteiger partial charge in [-0.15, -0.1) is 0 Å². The lowest BCUT2D eigenvalue weighted by Crippen LogP contribution is -2.30. The zero-order chi connectivity index (χ0) is 18.8. The van der Waals surface area contributed by atoms with Crippen LogP contribution in [0, 0.1) is 6.92 Å². The molecule has 3 aromatic rings. The second-order valence-electron chi connectivity index (χ2n) is 7.19. The van der Waals surface area contributed by atoms with Crippen molar-refractivity contribution in [3.8, 4) is 0 Å². The van der Waals surface area contributed by atoms with Crippen molar-refractivity contribution in [3.05, 3.63) is 95.1 Å². The molecule has 1 aliphatic rings. The lowest BCUT2D eigenvalue weighted by molar-refractivity contribution is 0.0993. The van der Waals surface area contributed by atoms with Crippen molar-refractivity contribution in [2.45, 2.75) is 19.9 Å². The Labute approximate surface area is 160 Å². The Balaban J connectivity index is 1.49. The second-order valence-corrected chi connectivity index (χ2v) is 7.19. The fourth-order valence-corrected chi connectivity index (χ4v) is 3.61. The summed E-state index contributed by atoms with van der Waals surface area (Å²) in [5, 5.41) is 0. The number of carbonyl (C=O) groups is 1. The highest BCUT2D eigenvalue weighted by Crippen LogP contribution is 2.25. The van der Waals surface area contributed by atoms with Gasteiger partial charge in [0.25, 0.3) is 5.91 Å². The van der Waals surface area contributed by atoms with Crippen molar-refractivity contribution in [2.24, 2.45) is 0 Å². The van der Waals surface area contributed by atoms with E-state index < -0.39 is 0 Å². The number of benzene rings is 3. The minimum Gasteiger partial charge on any atom is -0.367 e. The molecule has 0 saturated heterocycles. The lowest BCUT2D eigenvalue weighted by atomic mass is 9.99. The Hall–Kier alpha value is -3.07. The summed E-state index contributed by atoms with van der Waals surface area (Å²) in [4.78, 5) is 16.9. The molecule has 3 aromatic carbocycles. The van der Waals surface area contributed by atoms with Gasteiger partial charge in [-0.3, -0.25) is 4.79 Å². The van der Waals surface area contributed by atoms with E-state index in [-0.39, 0.29) is 5.91 Å². The fraction of sp³-hybridized carbons (Fsp3) is 0.208. The highest BCUT2D eigenvalue weighted by molar-refractivity contribution is 6.05. The molecule has 0 N–H and O–H groups in total. The summed E-state index contributed by atoms with van der Waals surface area (Å²) in [6.07, 6.45) is 1.06. The van der Waals surface area contributed by atoms with Gasteiger partial charge in [-0.05, 0) is 60.9 Å². The molecule has 0 bridgehead atoms. The number of nitrogens with zero attached hydrogens (tertiary/aromatic N) is 2. The average molecular weight is 356 g/mol. The van der Waals surface area contributed by atoms with Crippen molar-refractivity contribution in [1.29, 1.82) is 0 Å². The first-order valence-corrected chi connectivity index (χ1v) is 9.38. The molecule has 0 atom stereocenters. The maximum atomic E-state index is 12.8. The van der Waals surface area contributed by atoms with Gasteiger partial charge in [0.2, 0.25) is 0 Å². The first kappa shape index (κ1) is 17.3. The normalized spacial score (nSPS) is 13.2. The van der Waals surface area contributed by atoms with Crippen LogP contribution in [0.5, 0.6) is 0 Å². The van der Waals surface area contributed by atoms with E-state index in [2.05, 4.69) is 41.3 Å². The summed E-state index contributed by atoms with van der Waals surface area (Å²) in [5.41, 5.74) is 6.80. The predicted octanol–water partition coefficient (Wildman–Crippen LogP) is 4.83. The highest BCUT2D eigenvalue weighted by Gasteiger charge is 2.17. The Morgan fingerprint density at radius 3 is 2.26 bits per heavy atom. The van der Waals surface area contributed by atoms with E-state index in [0.29, 0.717) is 5.56 Å². The molecule has 3 heteroatoms. The number of hydrogen-bond acceptors (Lipinski definition) is 2. The smallest absolute Gasteiger partial charge is 0.258 e. The third kappa shape index (κ3) is 3.59. The van der Waals surface area contributed by atoms with Crippen molar-refractivity contribution < 1.29 is 4.79 Å². The average Bonchev–Trinajstić information content (AvgIpc) is 2.73. The Morgan fingerprint density at radius 1 is 0.889 bits per heavy atom. The van der Waals surface area contributed by atoms with Crippen LogP contribution in [0.1, 0.15) is 27.0 Å². The summed E-state index contributed by atoms with van der Waals surface area (Å²) in [5.74, 6) is 0.00870. The van der Waals surface area contributed by atoms with E-state index >= 15 is 0 Å². The highest BCUT2D eigenvalue weighted by atomic mass is 16.2. The van der Waals surface area contributed by atoms with E-state index in [9.17, 15) is 4.79 Å². The molecule has 1 heterocycles. The summed E-state index contributed by atoms with van der Waals surface area (Å²) in [7, 11) is 1.82. The van der Waals surface area contributed by atoms with Crippen molar-refractivity contribution >= 4 is 17.3 Å². The van der Waals surface area contributed by atoms with Crippen LogP contribution < -0.4 is 9.80 Å². The van der Waals surface area contributed by atoms with Crippen LogP contribution >= 0.6 is 0 Å². The molecule has 3 nitrogen and oxygen atoms in total. The van der Waals surface area contributed by atoms with Gasteiger partial charge in [-0.25, -0.2) is 0 Å². The second kappa shape index (κ2) is 7.28. The van der Waals surface area contributed by atoms with Gasteiger partial charge in [0.05, 0.1) is 0 Å². The molecule has 0 aromatic heterocycles. The molecule has 0 saturated carbocycles. The van der Waals surface area contributed by atoms with Gasteiger partial charge in [0, 0.05) is 37.1 Å². The number of carbonyl (C=O) groups excluding carboxylic acids is 1. The van der Waals surface area contributed by atoms with E-state index in [0.717, 1.165) is 25.2 Å². The third-order valence-corrected chi connectivity index (χ3v) is 5.34. The van der Waals surface area contributed by atoms with Gasteiger partial charge in [-0.2, -0.15) is 0 Å². The number of aryl methyl sites for hydroxylation is 1. The summed E-state index contributed by atoms with van der Waals surface area (Å²) in [6.45, 7) is 3.98. The fourth-order valence-electron chi connectivity index (χ4n) is 3.61. The third-order valence-electron chi connectivity index (χ3n) is 5.34. The SMILES string of the molecule is Cc1ccc(N(C)C(=O)c2ccc(N3CCc4ccccc4C3)cc2)cc1. The lowest BCUT2D eigenvalue weighted by Gasteiger charge is -2.31. The molecule has 27 heavy (non-hydrogen) atoms. The van der Waals surface area contributed by atoms with Crippen molar-refractivity contribution in [1.82, 2.24) is 0 Å². The van der Waals surface area contributed by atoms with E-state index in [1.807, 2.05) is 50.4 Å². The minimum atomic E-state index is 0.00870. The molecule has 0 aliphatic carbocycles. The number of hydrogen-bond donors (Lipinski definition) is 0. The Morgan fingerprint density at radius 2 is 1.56 bits per heavy atom. The number of anilines is 2. The quantitative estimate of drug-likeness (QED) is 0.671. The molecular weight excluding hydrogens is 332 g/mol. The minimum absolute atomic E-state index is 0.00870. The summed E-state index contributed by atoms with van der Waals surface area (Å²) >= 11 is 0. The van der Waals surface area contributed by atoms with Crippen LogP contribution in [-0.4, -0.2) is 19.5 Å². The first-order chi connectivity index (χ1) is 13.1. The van der Waals surface area contributed by atoms with Gasteiger partial charge < -0.3 is 9.80 Å². The molecule has 0 radical (unpaired) electrons. The summed E-state index contributed by atoms with van der Waals surface area (Å²) in [6, 6.07) is 24.6. The topological polar surface area (TPSA) is 23.6 Å². The van der Waals surface area contributed by atoms with Crippen LogP contribution in [0.4, 0.5) is 11.4 Å². The molecule has 0 unspecified atom stereocenters. The summed E-state index contributed by atoms with van der Waals surface area (Å²) < 4.78 is 0. The number of fused-ring (bicyclic) bond motifs is 1. The Kier molecular flexibility index (Phi) is 4.68. The monoisotopic (exact) mass is 356 g/mol. The zero-order valence-corrected chi connectivity index (χ0v) is 15.9. The number of amides is 1. The van der Waals surface area contributed by atoms with Crippen LogP contribution in [0.3, 0.4) is 0 Å². The maximum absolute atomic E-state index is 12.8. The standard InChI is InChI=1S/C24H24N2O/c1-18-7-11-22(12-8-18)25(2)24(27)20-9-13-23(14-10-20)26-16-15-19-5-3-4-6-21(19)17-26/h3-14H,15-17H2,1-2H3. The predicted molar refractivity (Wildman–Crippen MR) is 112 cm³/mol. The number of rotatable bonds is 3. The molecule has 0 fully saturated rings. The van der Waals surface area contributed by atoms with Gasteiger partial charge >= 0.3 is 0 Å².